The summed E-state index contributed by atoms with van der Waals surface area (Å²) in [6, 6.07) is 4.91. The molecule has 5 heteroatoms. The molecule has 1 aliphatic carbocycles. The molecule has 0 spiro atoms. The maximum atomic E-state index is 10.8. The van der Waals surface area contributed by atoms with Crippen molar-refractivity contribution >= 4 is 23.0 Å². The zero-order chi connectivity index (χ0) is 14.7. The predicted octanol–water partition coefficient (Wildman–Crippen LogP) is 4.87. The predicted molar refractivity (Wildman–Crippen MR) is 82.3 cm³/mol. The van der Waals surface area contributed by atoms with E-state index in [2.05, 4.69) is 19.2 Å². The van der Waals surface area contributed by atoms with Crippen LogP contribution >= 0.6 is 11.6 Å². The first-order valence-corrected chi connectivity index (χ1v) is 7.55. The molecular formula is C15H21ClN2O2. The molecule has 1 N–H and O–H groups in total. The monoisotopic (exact) mass is 296 g/mol. The second kappa shape index (κ2) is 6.44. The highest BCUT2D eigenvalue weighted by molar-refractivity contribution is 6.33. The number of hydrogen-bond donors (Lipinski definition) is 1. The van der Waals surface area contributed by atoms with Crippen LogP contribution in [0, 0.1) is 22.0 Å². The molecule has 0 aliphatic heterocycles. The molecular weight excluding hydrogens is 276 g/mol. The van der Waals surface area contributed by atoms with Crippen molar-refractivity contribution in [3.05, 3.63) is 33.3 Å². The molecule has 0 bridgehead atoms. The van der Waals surface area contributed by atoms with Crippen molar-refractivity contribution in [2.75, 3.05) is 5.32 Å². The first-order chi connectivity index (χ1) is 9.47. The van der Waals surface area contributed by atoms with Crippen LogP contribution in [-0.2, 0) is 0 Å². The van der Waals surface area contributed by atoms with Crippen LogP contribution in [0.15, 0.2) is 18.2 Å². The Labute approximate surface area is 124 Å². The van der Waals surface area contributed by atoms with Gasteiger partial charge in [-0.25, -0.2) is 0 Å². The van der Waals surface area contributed by atoms with Gasteiger partial charge in [-0.3, -0.25) is 10.1 Å². The zero-order valence-corrected chi connectivity index (χ0v) is 12.7. The van der Waals surface area contributed by atoms with E-state index in [0.29, 0.717) is 22.7 Å². The van der Waals surface area contributed by atoms with Crippen molar-refractivity contribution in [3.63, 3.8) is 0 Å². The van der Waals surface area contributed by atoms with E-state index in [-0.39, 0.29) is 10.6 Å². The number of nitro benzene ring substituents is 1. The van der Waals surface area contributed by atoms with Gasteiger partial charge >= 0.3 is 0 Å². The van der Waals surface area contributed by atoms with E-state index in [1.807, 2.05) is 0 Å². The standard InChI is InChI=1S/C15H21ClN2O2/c1-10(2)11-4-3-5-12(8-11)17-15-9-13(18(19)20)6-7-14(15)16/h6-7,9-12,17H,3-5,8H2,1-2H3. The molecule has 0 heterocycles. The first kappa shape index (κ1) is 15.1. The van der Waals surface area contributed by atoms with Gasteiger partial charge in [0.05, 0.1) is 15.6 Å². The smallest absolute Gasteiger partial charge is 0.271 e. The zero-order valence-electron chi connectivity index (χ0n) is 11.9. The Morgan fingerprint density at radius 3 is 2.80 bits per heavy atom. The first-order valence-electron chi connectivity index (χ1n) is 7.18. The Balaban J connectivity index is 2.09. The quantitative estimate of drug-likeness (QED) is 0.636. The van der Waals surface area contributed by atoms with Gasteiger partial charge in [-0.15, -0.1) is 0 Å². The number of hydrogen-bond acceptors (Lipinski definition) is 3. The average Bonchev–Trinajstić information content (AvgIpc) is 2.41. The van der Waals surface area contributed by atoms with Crippen LogP contribution in [0.5, 0.6) is 0 Å². The van der Waals surface area contributed by atoms with Gasteiger partial charge < -0.3 is 5.32 Å². The molecule has 0 aromatic heterocycles. The molecule has 20 heavy (non-hydrogen) atoms. The molecule has 110 valence electrons. The summed E-state index contributed by atoms with van der Waals surface area (Å²) in [7, 11) is 0. The van der Waals surface area contributed by atoms with Crippen LogP contribution in [0.25, 0.3) is 0 Å². The molecule has 1 fully saturated rings. The molecule has 0 amide bonds. The second-order valence-corrected chi connectivity index (χ2v) is 6.34. The third-order valence-electron chi connectivity index (χ3n) is 4.18. The van der Waals surface area contributed by atoms with Gasteiger partial charge in [0.2, 0.25) is 0 Å². The minimum atomic E-state index is -0.390. The molecule has 4 nitrogen and oxygen atoms in total. The average molecular weight is 297 g/mol. The Bertz CT molecular complexity index is 491. The summed E-state index contributed by atoms with van der Waals surface area (Å²) in [5, 5.41) is 14.8. The van der Waals surface area contributed by atoms with Gasteiger partial charge in [0, 0.05) is 18.2 Å². The maximum absolute atomic E-state index is 10.8. The van der Waals surface area contributed by atoms with E-state index in [4.69, 9.17) is 11.6 Å². The number of nitro groups is 1. The van der Waals surface area contributed by atoms with Crippen LogP contribution in [0.1, 0.15) is 39.5 Å². The van der Waals surface area contributed by atoms with Crippen molar-refractivity contribution in [2.24, 2.45) is 11.8 Å². The van der Waals surface area contributed by atoms with Crippen LogP contribution in [-0.4, -0.2) is 11.0 Å². The molecule has 2 atom stereocenters. The SMILES string of the molecule is CC(C)C1CCCC(Nc2cc([N+](=O)[O-])ccc2Cl)C1. The van der Waals surface area contributed by atoms with Crippen molar-refractivity contribution in [1.29, 1.82) is 0 Å². The van der Waals surface area contributed by atoms with Gasteiger partial charge in [0.1, 0.15) is 0 Å². The summed E-state index contributed by atoms with van der Waals surface area (Å²) in [6.07, 6.45) is 4.69. The molecule has 1 aromatic rings. The number of anilines is 1. The topological polar surface area (TPSA) is 55.2 Å². The molecule has 2 unspecified atom stereocenters. The van der Waals surface area contributed by atoms with E-state index in [0.717, 1.165) is 18.8 Å². The molecule has 1 aliphatic rings. The van der Waals surface area contributed by atoms with Gasteiger partial charge in [-0.2, -0.15) is 0 Å². The summed E-state index contributed by atoms with van der Waals surface area (Å²) in [5.41, 5.74) is 0.753. The maximum Gasteiger partial charge on any atom is 0.271 e. The van der Waals surface area contributed by atoms with Gasteiger partial charge in [0.25, 0.3) is 5.69 Å². The lowest BCUT2D eigenvalue weighted by Crippen LogP contribution is -2.29. The number of nitrogens with zero attached hydrogens (tertiary/aromatic N) is 1. The summed E-state index contributed by atoms with van der Waals surface area (Å²) in [4.78, 5) is 10.4. The lowest BCUT2D eigenvalue weighted by atomic mass is 9.79. The summed E-state index contributed by atoms with van der Waals surface area (Å²) >= 11 is 6.13. The molecule has 1 saturated carbocycles. The Hall–Kier alpha value is -1.29. The third-order valence-corrected chi connectivity index (χ3v) is 4.51. The largest absolute Gasteiger partial charge is 0.381 e. The highest BCUT2D eigenvalue weighted by atomic mass is 35.5. The number of non-ortho nitro benzene ring substituents is 1. The normalized spacial score (nSPS) is 22.8. The van der Waals surface area contributed by atoms with Crippen LogP contribution in [0.4, 0.5) is 11.4 Å². The highest BCUT2D eigenvalue weighted by Gasteiger charge is 2.24. The Morgan fingerprint density at radius 1 is 1.40 bits per heavy atom. The van der Waals surface area contributed by atoms with E-state index in [9.17, 15) is 10.1 Å². The Morgan fingerprint density at radius 2 is 2.15 bits per heavy atom. The minimum Gasteiger partial charge on any atom is -0.381 e. The lowest BCUT2D eigenvalue weighted by Gasteiger charge is -2.32. The lowest BCUT2D eigenvalue weighted by molar-refractivity contribution is -0.384. The summed E-state index contributed by atoms with van der Waals surface area (Å²) in [5.74, 6) is 1.40. The van der Waals surface area contributed by atoms with Crippen molar-refractivity contribution in [3.8, 4) is 0 Å². The van der Waals surface area contributed by atoms with Crippen molar-refractivity contribution < 1.29 is 4.92 Å². The van der Waals surface area contributed by atoms with Crippen LogP contribution < -0.4 is 5.32 Å². The fraction of sp³-hybridized carbons (Fsp3) is 0.600. The van der Waals surface area contributed by atoms with Gasteiger partial charge in [-0.05, 0) is 30.7 Å². The third kappa shape index (κ3) is 3.63. The van der Waals surface area contributed by atoms with Crippen LogP contribution in [0.3, 0.4) is 0 Å². The van der Waals surface area contributed by atoms with Crippen molar-refractivity contribution in [2.45, 2.75) is 45.6 Å². The number of halogens is 1. The fourth-order valence-corrected chi connectivity index (χ4v) is 3.09. The van der Waals surface area contributed by atoms with Gasteiger partial charge in [-0.1, -0.05) is 38.3 Å². The molecule has 2 rings (SSSR count). The second-order valence-electron chi connectivity index (χ2n) is 5.93. The number of nitrogens with one attached hydrogen (secondary N) is 1. The summed E-state index contributed by atoms with van der Waals surface area (Å²) < 4.78 is 0. The number of rotatable bonds is 4. The van der Waals surface area contributed by atoms with Gasteiger partial charge in [0.15, 0.2) is 0 Å². The number of benzene rings is 1. The van der Waals surface area contributed by atoms with Crippen LogP contribution in [0.2, 0.25) is 5.02 Å². The fourth-order valence-electron chi connectivity index (χ4n) is 2.92. The van der Waals surface area contributed by atoms with E-state index >= 15 is 0 Å². The van der Waals surface area contributed by atoms with E-state index in [1.54, 1.807) is 6.07 Å². The highest BCUT2D eigenvalue weighted by Crippen LogP contribution is 2.34. The Kier molecular flexibility index (Phi) is 4.86. The molecule has 0 saturated heterocycles. The van der Waals surface area contributed by atoms with E-state index in [1.165, 1.54) is 25.0 Å². The molecule has 1 aromatic carbocycles. The summed E-state index contributed by atoms with van der Waals surface area (Å²) in [6.45, 7) is 4.51. The molecule has 0 radical (unpaired) electrons. The van der Waals surface area contributed by atoms with Crippen molar-refractivity contribution in [1.82, 2.24) is 0 Å². The minimum absolute atomic E-state index is 0.0770. The van der Waals surface area contributed by atoms with E-state index < -0.39 is 0 Å².